The Labute approximate surface area is 196 Å². The van der Waals surface area contributed by atoms with Crippen molar-refractivity contribution in [2.45, 2.75) is 12.5 Å². The highest BCUT2D eigenvalue weighted by Crippen LogP contribution is 2.35. The van der Waals surface area contributed by atoms with Crippen LogP contribution >= 0.6 is 0 Å². The number of aromatic nitrogens is 2. The van der Waals surface area contributed by atoms with Crippen molar-refractivity contribution in [3.05, 3.63) is 54.6 Å². The Hall–Kier alpha value is -3.76. The Morgan fingerprint density at radius 2 is 2.18 bits per heavy atom. The number of amides is 1. The Morgan fingerprint density at radius 3 is 2.91 bits per heavy atom. The second kappa shape index (κ2) is 10.4. The Morgan fingerprint density at radius 1 is 1.32 bits per heavy atom. The number of hydrogen-bond acceptors (Lipinski definition) is 8. The molecule has 1 fully saturated rings. The van der Waals surface area contributed by atoms with E-state index < -0.39 is 5.82 Å². The minimum atomic E-state index is -0.497. The van der Waals surface area contributed by atoms with Crippen molar-refractivity contribution in [3.63, 3.8) is 0 Å². The number of hydrogen-bond donors (Lipinski definition) is 3. The monoisotopic (exact) mass is 466 g/mol. The number of benzene rings is 2. The van der Waals surface area contributed by atoms with Crippen molar-refractivity contribution >= 4 is 39.7 Å². The first-order chi connectivity index (χ1) is 16.4. The van der Waals surface area contributed by atoms with Crippen LogP contribution in [0.3, 0.4) is 0 Å². The van der Waals surface area contributed by atoms with Crippen LogP contribution < -0.4 is 21.1 Å². The molecule has 2 aromatic carbocycles. The summed E-state index contributed by atoms with van der Waals surface area (Å²) in [5.74, 6) is 0.188. The van der Waals surface area contributed by atoms with E-state index in [2.05, 4.69) is 20.6 Å². The number of carbonyl (C=O) groups is 1. The molecule has 1 amide bonds. The van der Waals surface area contributed by atoms with Crippen LogP contribution in [0.2, 0.25) is 0 Å². The molecule has 4 rings (SSSR count). The molecule has 0 bridgehead atoms. The van der Waals surface area contributed by atoms with Crippen LogP contribution in [0.1, 0.15) is 6.42 Å². The summed E-state index contributed by atoms with van der Waals surface area (Å²) in [6.07, 6.45) is 5.32. The predicted octanol–water partition coefficient (Wildman–Crippen LogP) is 3.32. The maximum absolute atomic E-state index is 13.6. The van der Waals surface area contributed by atoms with Gasteiger partial charge in [0.05, 0.1) is 30.1 Å². The van der Waals surface area contributed by atoms with Gasteiger partial charge in [-0.15, -0.1) is 0 Å². The van der Waals surface area contributed by atoms with Crippen LogP contribution in [-0.2, 0) is 9.53 Å². The van der Waals surface area contributed by atoms with Gasteiger partial charge in [0.25, 0.3) is 0 Å². The number of ether oxygens (including phenoxy) is 2. The number of nitrogens with two attached hydrogens (primary N) is 1. The summed E-state index contributed by atoms with van der Waals surface area (Å²) in [4.78, 5) is 23.2. The highest BCUT2D eigenvalue weighted by Gasteiger charge is 2.20. The summed E-state index contributed by atoms with van der Waals surface area (Å²) in [5.41, 5.74) is 7.38. The third kappa shape index (κ3) is 5.77. The summed E-state index contributed by atoms with van der Waals surface area (Å²) in [6, 6.07) is 7.85. The number of fused-ring (bicyclic) bond motifs is 1. The first-order valence-corrected chi connectivity index (χ1v) is 10.9. The lowest BCUT2D eigenvalue weighted by atomic mass is 10.1. The van der Waals surface area contributed by atoms with Gasteiger partial charge in [0.15, 0.2) is 0 Å². The van der Waals surface area contributed by atoms with E-state index in [1.807, 2.05) is 19.0 Å². The minimum absolute atomic E-state index is 0.0234. The molecule has 0 aliphatic carbocycles. The maximum Gasteiger partial charge on any atom is 0.248 e. The van der Waals surface area contributed by atoms with E-state index in [9.17, 15) is 9.18 Å². The smallest absolute Gasteiger partial charge is 0.248 e. The zero-order valence-corrected chi connectivity index (χ0v) is 19.0. The Bertz CT molecular complexity index is 1210. The molecule has 9 nitrogen and oxygen atoms in total. The predicted molar refractivity (Wildman–Crippen MR) is 130 cm³/mol. The largest absolute Gasteiger partial charge is 0.486 e. The van der Waals surface area contributed by atoms with Gasteiger partial charge in [-0.2, -0.15) is 0 Å². The molecule has 0 unspecified atom stereocenters. The lowest BCUT2D eigenvalue weighted by molar-refractivity contribution is -0.111. The van der Waals surface area contributed by atoms with Crippen LogP contribution in [0.4, 0.5) is 27.3 Å². The standard InChI is InChI=1S/C24H27FN6O3/c1-31(2)8-3-4-23(32)30-21-11-17-20(12-22(21)34-16-7-9-33-13-16)27-14-28-24(17)29-15-5-6-18(25)19(26)10-15/h3-6,10-12,14,16H,7-9,13,26H2,1-2H3,(H,30,32)(H,27,28,29)/t16-/m0/s1. The van der Waals surface area contributed by atoms with Gasteiger partial charge in [0.1, 0.15) is 29.8 Å². The normalized spacial score (nSPS) is 15.8. The van der Waals surface area contributed by atoms with Gasteiger partial charge in [-0.05, 0) is 38.4 Å². The molecular formula is C24H27FN6O3. The Kier molecular flexibility index (Phi) is 7.19. The molecule has 1 aliphatic heterocycles. The summed E-state index contributed by atoms with van der Waals surface area (Å²) >= 11 is 0. The maximum atomic E-state index is 13.6. The number of likely N-dealkylation sites (N-methyl/N-ethyl adjacent to an activating group) is 1. The molecule has 1 aromatic heterocycles. The second-order valence-corrected chi connectivity index (χ2v) is 8.21. The summed E-state index contributed by atoms with van der Waals surface area (Å²) in [7, 11) is 3.84. The summed E-state index contributed by atoms with van der Waals surface area (Å²) in [5, 5.41) is 6.69. The number of rotatable bonds is 8. The molecule has 1 saturated heterocycles. The molecule has 3 aromatic rings. The zero-order valence-electron chi connectivity index (χ0n) is 19.0. The van der Waals surface area contributed by atoms with Crippen molar-refractivity contribution in [1.82, 2.24) is 14.9 Å². The van der Waals surface area contributed by atoms with Gasteiger partial charge in [0, 0.05) is 36.2 Å². The van der Waals surface area contributed by atoms with E-state index >= 15 is 0 Å². The molecule has 2 heterocycles. The fraction of sp³-hybridized carbons (Fsp3) is 0.292. The zero-order chi connectivity index (χ0) is 24.1. The highest BCUT2D eigenvalue weighted by molar-refractivity contribution is 6.03. The number of nitrogen functional groups attached to an aromatic ring is 1. The number of halogens is 1. The van der Waals surface area contributed by atoms with Crippen molar-refractivity contribution in [2.75, 3.05) is 50.2 Å². The van der Waals surface area contributed by atoms with E-state index in [0.717, 1.165) is 6.42 Å². The first-order valence-electron chi connectivity index (χ1n) is 10.9. The summed E-state index contributed by atoms with van der Waals surface area (Å²) in [6.45, 7) is 1.75. The SMILES string of the molecule is CN(C)CC=CC(=O)Nc1cc2c(Nc3ccc(F)c(N)c3)ncnc2cc1O[C@H]1CCOC1. The quantitative estimate of drug-likeness (QED) is 0.342. The van der Waals surface area contributed by atoms with Crippen LogP contribution in [0.25, 0.3) is 10.9 Å². The van der Waals surface area contributed by atoms with E-state index in [1.54, 1.807) is 24.3 Å². The highest BCUT2D eigenvalue weighted by atomic mass is 19.1. The fourth-order valence-corrected chi connectivity index (χ4v) is 3.47. The summed E-state index contributed by atoms with van der Waals surface area (Å²) < 4.78 is 25.1. The van der Waals surface area contributed by atoms with Crippen LogP contribution in [0.5, 0.6) is 5.75 Å². The molecule has 0 radical (unpaired) electrons. The van der Waals surface area contributed by atoms with E-state index in [1.165, 1.54) is 24.5 Å². The average molecular weight is 467 g/mol. The van der Waals surface area contributed by atoms with Crippen molar-refractivity contribution < 1.29 is 18.7 Å². The van der Waals surface area contributed by atoms with Gasteiger partial charge >= 0.3 is 0 Å². The van der Waals surface area contributed by atoms with Gasteiger partial charge < -0.3 is 30.7 Å². The lowest BCUT2D eigenvalue weighted by Crippen LogP contribution is -2.18. The van der Waals surface area contributed by atoms with Crippen molar-refractivity contribution in [1.29, 1.82) is 0 Å². The van der Waals surface area contributed by atoms with E-state index in [-0.39, 0.29) is 17.7 Å². The second-order valence-electron chi connectivity index (χ2n) is 8.21. The van der Waals surface area contributed by atoms with E-state index in [0.29, 0.717) is 53.6 Å². The molecule has 1 aliphatic rings. The lowest BCUT2D eigenvalue weighted by Gasteiger charge is -2.17. The first kappa shape index (κ1) is 23.4. The third-order valence-corrected chi connectivity index (χ3v) is 5.17. The van der Waals surface area contributed by atoms with Crippen LogP contribution in [0, 0.1) is 5.82 Å². The van der Waals surface area contributed by atoms with Crippen molar-refractivity contribution in [2.24, 2.45) is 0 Å². The molecular weight excluding hydrogens is 439 g/mol. The molecule has 1 atom stereocenters. The molecule has 4 N–H and O–H groups in total. The third-order valence-electron chi connectivity index (χ3n) is 5.17. The molecule has 10 heteroatoms. The number of nitrogens with zero attached hydrogens (tertiary/aromatic N) is 3. The number of anilines is 4. The minimum Gasteiger partial charge on any atom is -0.486 e. The van der Waals surface area contributed by atoms with Crippen molar-refractivity contribution in [3.8, 4) is 5.75 Å². The molecule has 0 spiro atoms. The van der Waals surface area contributed by atoms with Crippen LogP contribution in [-0.4, -0.2) is 60.7 Å². The average Bonchev–Trinajstić information content (AvgIpc) is 3.30. The molecule has 0 saturated carbocycles. The fourth-order valence-electron chi connectivity index (χ4n) is 3.47. The van der Waals surface area contributed by atoms with Gasteiger partial charge in [-0.25, -0.2) is 14.4 Å². The van der Waals surface area contributed by atoms with Gasteiger partial charge in [-0.1, -0.05) is 6.08 Å². The molecule has 178 valence electrons. The van der Waals surface area contributed by atoms with Crippen LogP contribution in [0.15, 0.2) is 48.8 Å². The molecule has 34 heavy (non-hydrogen) atoms. The Balaban J connectivity index is 1.68. The number of carbonyl (C=O) groups excluding carboxylic acids is 1. The number of nitrogens with one attached hydrogen (secondary N) is 2. The van der Waals surface area contributed by atoms with E-state index in [4.69, 9.17) is 15.2 Å². The van der Waals surface area contributed by atoms with Gasteiger partial charge in [0.2, 0.25) is 5.91 Å². The van der Waals surface area contributed by atoms with Gasteiger partial charge in [-0.3, -0.25) is 4.79 Å². The topological polar surface area (TPSA) is 115 Å².